The maximum absolute atomic E-state index is 11.3. The molecule has 0 spiro atoms. The van der Waals surface area contributed by atoms with Crippen LogP contribution in [-0.4, -0.2) is 31.9 Å². The van der Waals surface area contributed by atoms with Gasteiger partial charge in [-0.05, 0) is 46.5 Å². The van der Waals surface area contributed by atoms with Crippen molar-refractivity contribution in [3.05, 3.63) is 40.9 Å². The summed E-state index contributed by atoms with van der Waals surface area (Å²) in [6.07, 6.45) is 0. The Morgan fingerprint density at radius 3 is 1.27 bits per heavy atom. The molecular weight excluding hydrogens is 428 g/mol. The van der Waals surface area contributed by atoms with Crippen LogP contribution in [0.1, 0.15) is 62.3 Å². The average molecular weight is 469 g/mol. The van der Waals surface area contributed by atoms with Crippen LogP contribution in [0.4, 0.5) is 5.69 Å². The third kappa shape index (κ3) is 8.64. The van der Waals surface area contributed by atoms with Gasteiger partial charge >= 0.3 is 0 Å². The molecule has 0 fully saturated rings. The second-order valence-electron chi connectivity index (χ2n) is 8.26. The molecule has 0 aliphatic heterocycles. The monoisotopic (exact) mass is 468 g/mol. The lowest BCUT2D eigenvalue weighted by Gasteiger charge is -2.21. The van der Waals surface area contributed by atoms with Gasteiger partial charge in [0, 0.05) is 12.1 Å². The van der Waals surface area contributed by atoms with Gasteiger partial charge in [-0.3, -0.25) is 19.2 Å². The van der Waals surface area contributed by atoms with E-state index in [-0.39, 0.29) is 23.3 Å². The van der Waals surface area contributed by atoms with Crippen molar-refractivity contribution in [1.82, 2.24) is 0 Å². The van der Waals surface area contributed by atoms with Crippen LogP contribution in [0.15, 0.2) is 19.2 Å². The van der Waals surface area contributed by atoms with E-state index < -0.39 is 21.7 Å². The molecule has 0 unspecified atom stereocenters. The highest BCUT2D eigenvalue weighted by molar-refractivity contribution is 5.62. The summed E-state index contributed by atoms with van der Waals surface area (Å²) in [5, 5.41) is 3.02. The predicted molar refractivity (Wildman–Crippen MR) is 133 cm³/mol. The van der Waals surface area contributed by atoms with Crippen molar-refractivity contribution in [3.63, 3.8) is 0 Å². The summed E-state index contributed by atoms with van der Waals surface area (Å²) in [6, 6.07) is 0.498. The Hall–Kier alpha value is -2.68. The van der Waals surface area contributed by atoms with Crippen molar-refractivity contribution >= 4 is 5.69 Å². The Kier molecular flexibility index (Phi) is 13.3. The Morgan fingerprint density at radius 2 is 0.970 bits per heavy atom. The molecule has 0 saturated heterocycles. The molecule has 3 N–H and O–H groups in total. The quantitative estimate of drug-likeness (QED) is 0.503. The van der Waals surface area contributed by atoms with Gasteiger partial charge in [0.25, 0.3) is 21.7 Å². The summed E-state index contributed by atoms with van der Waals surface area (Å²) in [4.78, 5) is 44.0. The molecule has 0 aliphatic rings. The molecule has 2 rings (SSSR count). The Morgan fingerprint density at radius 1 is 0.636 bits per heavy atom. The smallest absolute Gasteiger partial charge is 0.275 e. The maximum Gasteiger partial charge on any atom is 0.275 e. The van der Waals surface area contributed by atoms with Crippen molar-refractivity contribution in [3.8, 4) is 17.2 Å². The third-order valence-corrected chi connectivity index (χ3v) is 4.98. The van der Waals surface area contributed by atoms with Gasteiger partial charge in [0.05, 0.1) is 19.8 Å². The van der Waals surface area contributed by atoms with Gasteiger partial charge in [-0.25, -0.2) is 0 Å². The average Bonchev–Trinajstić information content (AvgIpc) is 2.78. The summed E-state index contributed by atoms with van der Waals surface area (Å²) in [6.45, 7) is 18.7. The predicted octanol–water partition coefficient (Wildman–Crippen LogP) is 2.21. The van der Waals surface area contributed by atoms with Gasteiger partial charge in [0.15, 0.2) is 5.75 Å². The van der Waals surface area contributed by atoms with Crippen molar-refractivity contribution in [2.45, 2.75) is 74.4 Å². The van der Waals surface area contributed by atoms with Crippen LogP contribution in [-0.2, 0) is 0 Å². The lowest BCUT2D eigenvalue weighted by atomic mass is 10.1. The van der Waals surface area contributed by atoms with Crippen molar-refractivity contribution in [2.75, 3.05) is 25.1 Å². The number of hydrogen-bond donors (Lipinski definition) is 2. The topological polar surface area (TPSA) is 134 Å². The lowest BCUT2D eigenvalue weighted by molar-refractivity contribution is 0.274. The highest BCUT2D eigenvalue weighted by atomic mass is 16.5. The number of rotatable bonds is 10. The van der Waals surface area contributed by atoms with Crippen LogP contribution in [0.5, 0.6) is 17.2 Å². The van der Waals surface area contributed by atoms with E-state index in [4.69, 9.17) is 19.9 Å². The van der Waals surface area contributed by atoms with Crippen LogP contribution in [0, 0.1) is 11.8 Å². The zero-order valence-corrected chi connectivity index (χ0v) is 21.4. The molecule has 0 saturated carbocycles. The van der Waals surface area contributed by atoms with Gasteiger partial charge in [0.2, 0.25) is 11.5 Å². The van der Waals surface area contributed by atoms with E-state index in [2.05, 4.69) is 19.2 Å². The molecule has 0 heterocycles. The first kappa shape index (κ1) is 30.3. The number of nitrogens with one attached hydrogen (secondary N) is 1. The molecule has 0 bridgehead atoms. The van der Waals surface area contributed by atoms with Crippen LogP contribution in [0.2, 0.25) is 0 Å². The van der Waals surface area contributed by atoms with E-state index in [0.29, 0.717) is 43.4 Å². The number of ether oxygens (including phenoxy) is 3. The van der Waals surface area contributed by atoms with Crippen LogP contribution in [0.3, 0.4) is 0 Å². The minimum atomic E-state index is -0.583. The minimum absolute atomic E-state index is 0.0735. The van der Waals surface area contributed by atoms with Crippen LogP contribution in [0.25, 0.3) is 0 Å². The van der Waals surface area contributed by atoms with E-state index in [1.54, 1.807) is 20.8 Å². The molecule has 188 valence electrons. The van der Waals surface area contributed by atoms with E-state index >= 15 is 0 Å². The zero-order chi connectivity index (χ0) is 25.9. The van der Waals surface area contributed by atoms with Gasteiger partial charge in [-0.2, -0.15) is 0 Å². The van der Waals surface area contributed by atoms with E-state index in [9.17, 15) is 19.2 Å². The fourth-order valence-electron chi connectivity index (χ4n) is 2.08. The first-order valence-electron chi connectivity index (χ1n) is 11.4. The highest BCUT2D eigenvalue weighted by Gasteiger charge is 2.24. The molecule has 0 aliphatic carbocycles. The summed E-state index contributed by atoms with van der Waals surface area (Å²) in [7, 11) is 0. The summed E-state index contributed by atoms with van der Waals surface area (Å²) >= 11 is 0. The van der Waals surface area contributed by atoms with E-state index in [0.717, 1.165) is 0 Å². The maximum atomic E-state index is 11.3. The summed E-state index contributed by atoms with van der Waals surface area (Å²) < 4.78 is 14.9. The lowest BCUT2D eigenvalue weighted by Crippen LogP contribution is -2.38. The largest absolute Gasteiger partial charge is 0.488 e. The summed E-state index contributed by atoms with van der Waals surface area (Å²) in [5.74, 6) is 1.36. The van der Waals surface area contributed by atoms with Gasteiger partial charge in [-0.15, -0.1) is 0 Å². The number of hydrogen-bond acceptors (Lipinski definition) is 9. The molecule has 0 aromatic heterocycles. The number of nitrogens with two attached hydrogens (primary N) is 1. The molecule has 2 aromatic carbocycles. The first-order chi connectivity index (χ1) is 15.3. The van der Waals surface area contributed by atoms with Crippen molar-refractivity contribution in [2.24, 2.45) is 17.6 Å². The Balaban J connectivity index is 0.000000509. The number of anilines is 1. The minimum Gasteiger partial charge on any atom is -0.488 e. The second-order valence-corrected chi connectivity index (χ2v) is 8.26. The van der Waals surface area contributed by atoms with Crippen LogP contribution >= 0.6 is 0 Å². The third-order valence-electron chi connectivity index (χ3n) is 4.98. The second kappa shape index (κ2) is 14.5. The highest BCUT2D eigenvalue weighted by Crippen LogP contribution is 2.20. The van der Waals surface area contributed by atoms with Gasteiger partial charge in [-0.1, -0.05) is 27.7 Å². The normalized spacial score (nSPS) is 12.5. The standard InChI is InChI=1S/C11H17NO3.C8H10O4.C5H13N/c1-5-15-11-8(9(13)10(11)14)12-7(4)6(2)3;1-3-11-7-5(9)6(10)8(7)12-4-2;1-4(2)5(3)6/h6-7,12H,5H2,1-4H3;3-4H2,1-2H3;4-5H,6H2,1-3H3/t7-;;5-/m0.0/s1. The molecule has 2 aromatic rings. The Bertz CT molecular complexity index is 939. The van der Waals surface area contributed by atoms with Crippen molar-refractivity contribution in [1.29, 1.82) is 0 Å². The van der Waals surface area contributed by atoms with Gasteiger partial charge in [0.1, 0.15) is 5.69 Å². The fourth-order valence-corrected chi connectivity index (χ4v) is 2.08. The first-order valence-corrected chi connectivity index (χ1v) is 11.4. The Labute approximate surface area is 195 Å². The van der Waals surface area contributed by atoms with Gasteiger partial charge < -0.3 is 25.3 Å². The molecule has 9 heteroatoms. The molecule has 33 heavy (non-hydrogen) atoms. The SMILES string of the molecule is CC(C)[C@H](C)N.CCOc1c(N[C@@H](C)C(C)C)c(=O)c1=O.CCOc1c(OCC)c(=O)c1=O. The van der Waals surface area contributed by atoms with E-state index in [1.807, 2.05) is 27.7 Å². The van der Waals surface area contributed by atoms with E-state index in [1.165, 1.54) is 0 Å². The fraction of sp³-hybridized carbons (Fsp3) is 0.667. The molecule has 0 radical (unpaired) electrons. The van der Waals surface area contributed by atoms with Crippen LogP contribution < -0.4 is 47.0 Å². The zero-order valence-electron chi connectivity index (χ0n) is 21.4. The van der Waals surface area contributed by atoms with Crippen molar-refractivity contribution < 1.29 is 14.2 Å². The molecule has 9 nitrogen and oxygen atoms in total. The summed E-state index contributed by atoms with van der Waals surface area (Å²) in [5.41, 5.74) is 3.62. The molecular formula is C24H40N2O7. The molecule has 0 amide bonds. The molecule has 2 atom stereocenters.